The second-order valence-corrected chi connectivity index (χ2v) is 5.63. The molecule has 3 aliphatic heterocycles. The van der Waals surface area contributed by atoms with Crippen LogP contribution in [0, 0.1) is 0 Å². The summed E-state index contributed by atoms with van der Waals surface area (Å²) in [7, 11) is 0. The molecule has 84 valence electrons. The number of nitrogens with zero attached hydrogens (tertiary/aromatic N) is 3. The molecule has 3 heterocycles. The first-order chi connectivity index (χ1) is 7.43. The van der Waals surface area contributed by atoms with Gasteiger partial charge in [0.15, 0.2) is 5.17 Å². The molecule has 0 radical (unpaired) electrons. The van der Waals surface area contributed by atoms with Crippen molar-refractivity contribution in [2.24, 2.45) is 4.99 Å². The number of aliphatic imine (C=N–C) groups is 1. The molecule has 0 amide bonds. The van der Waals surface area contributed by atoms with E-state index in [2.05, 4.69) is 9.80 Å². The van der Waals surface area contributed by atoms with Gasteiger partial charge in [0.2, 0.25) is 0 Å². The molecule has 0 aliphatic carbocycles. The Kier molecular flexibility index (Phi) is 2.88. The van der Waals surface area contributed by atoms with Crippen LogP contribution in [0.2, 0.25) is 0 Å². The Morgan fingerprint density at radius 2 is 1.67 bits per heavy atom. The second-order valence-electron chi connectivity index (χ2n) is 4.64. The number of thioether (sulfide) groups is 1. The van der Waals surface area contributed by atoms with E-state index in [0.717, 1.165) is 0 Å². The fourth-order valence-electron chi connectivity index (χ4n) is 2.66. The molecule has 15 heavy (non-hydrogen) atoms. The molecule has 4 heteroatoms. The fourth-order valence-corrected chi connectivity index (χ4v) is 3.80. The molecule has 0 saturated carbocycles. The van der Waals surface area contributed by atoms with Gasteiger partial charge in [-0.05, 0) is 25.7 Å². The zero-order valence-electron chi connectivity index (χ0n) is 9.19. The highest BCUT2D eigenvalue weighted by molar-refractivity contribution is 8.14. The molecule has 0 bridgehead atoms. The van der Waals surface area contributed by atoms with E-state index in [0.29, 0.717) is 6.17 Å². The van der Waals surface area contributed by atoms with Crippen LogP contribution in [0.25, 0.3) is 0 Å². The van der Waals surface area contributed by atoms with E-state index in [4.69, 9.17) is 4.99 Å². The van der Waals surface area contributed by atoms with E-state index in [9.17, 15) is 0 Å². The summed E-state index contributed by atoms with van der Waals surface area (Å²) in [6.45, 7) is 5.00. The third-order valence-electron chi connectivity index (χ3n) is 3.56. The van der Waals surface area contributed by atoms with Gasteiger partial charge in [-0.1, -0.05) is 11.8 Å². The van der Waals surface area contributed by atoms with Gasteiger partial charge in [-0.2, -0.15) is 0 Å². The lowest BCUT2D eigenvalue weighted by Crippen LogP contribution is -2.31. The maximum atomic E-state index is 4.88. The van der Waals surface area contributed by atoms with Crippen molar-refractivity contribution in [3.63, 3.8) is 0 Å². The number of amidine groups is 1. The second kappa shape index (κ2) is 4.34. The summed E-state index contributed by atoms with van der Waals surface area (Å²) in [5, 5.41) is 1.32. The van der Waals surface area contributed by atoms with Crippen LogP contribution in [0.3, 0.4) is 0 Å². The lowest BCUT2D eigenvalue weighted by atomic mass is 10.4. The van der Waals surface area contributed by atoms with E-state index in [1.165, 1.54) is 62.8 Å². The van der Waals surface area contributed by atoms with Crippen LogP contribution in [0.1, 0.15) is 25.7 Å². The van der Waals surface area contributed by atoms with E-state index in [-0.39, 0.29) is 0 Å². The molecule has 3 nitrogen and oxygen atoms in total. The molecular formula is C11H19N3S. The van der Waals surface area contributed by atoms with Crippen LogP contribution >= 0.6 is 11.8 Å². The normalized spacial score (nSPS) is 32.7. The zero-order chi connectivity index (χ0) is 10.1. The lowest BCUT2D eigenvalue weighted by molar-refractivity contribution is 0.272. The Labute approximate surface area is 95.9 Å². The SMILES string of the molecule is C1CCN(C2=NC(N3CCCC3)CS2)C1. The minimum atomic E-state index is 0.494. The van der Waals surface area contributed by atoms with Crippen LogP contribution in [0.5, 0.6) is 0 Å². The van der Waals surface area contributed by atoms with Crippen molar-refractivity contribution in [3.05, 3.63) is 0 Å². The summed E-state index contributed by atoms with van der Waals surface area (Å²) in [6, 6.07) is 0. The molecule has 3 rings (SSSR count). The molecule has 0 aromatic heterocycles. The van der Waals surface area contributed by atoms with Gasteiger partial charge in [0, 0.05) is 31.9 Å². The standard InChI is InChI=1S/C11H19N3S/c1-2-6-13(5-1)10-9-15-11(12-10)14-7-3-4-8-14/h10H,1-9H2. The number of hydrogen-bond donors (Lipinski definition) is 0. The molecule has 2 saturated heterocycles. The minimum absolute atomic E-state index is 0.494. The lowest BCUT2D eigenvalue weighted by Gasteiger charge is -2.19. The molecule has 3 aliphatic rings. The number of hydrogen-bond acceptors (Lipinski definition) is 4. The Morgan fingerprint density at radius 3 is 2.40 bits per heavy atom. The topological polar surface area (TPSA) is 18.8 Å². The highest BCUT2D eigenvalue weighted by Gasteiger charge is 2.29. The molecule has 1 unspecified atom stereocenters. The number of likely N-dealkylation sites (tertiary alicyclic amines) is 2. The quantitative estimate of drug-likeness (QED) is 0.675. The summed E-state index contributed by atoms with van der Waals surface area (Å²) < 4.78 is 0. The summed E-state index contributed by atoms with van der Waals surface area (Å²) in [5.41, 5.74) is 0. The monoisotopic (exact) mass is 225 g/mol. The molecule has 0 aromatic carbocycles. The Balaban J connectivity index is 1.63. The molecule has 0 N–H and O–H groups in total. The fraction of sp³-hybridized carbons (Fsp3) is 0.909. The third kappa shape index (κ3) is 2.02. The molecule has 2 fully saturated rings. The predicted molar refractivity (Wildman–Crippen MR) is 65.3 cm³/mol. The van der Waals surface area contributed by atoms with Crippen molar-refractivity contribution in [3.8, 4) is 0 Å². The smallest absolute Gasteiger partial charge is 0.160 e. The van der Waals surface area contributed by atoms with E-state index >= 15 is 0 Å². The van der Waals surface area contributed by atoms with Gasteiger partial charge >= 0.3 is 0 Å². The highest BCUT2D eigenvalue weighted by Crippen LogP contribution is 2.27. The van der Waals surface area contributed by atoms with Crippen LogP contribution in [0.15, 0.2) is 4.99 Å². The molecule has 0 aromatic rings. The van der Waals surface area contributed by atoms with Crippen molar-refractivity contribution < 1.29 is 0 Å². The summed E-state index contributed by atoms with van der Waals surface area (Å²) >= 11 is 1.97. The van der Waals surface area contributed by atoms with Gasteiger partial charge in [-0.3, -0.25) is 4.90 Å². The average molecular weight is 225 g/mol. The maximum absolute atomic E-state index is 4.88. The zero-order valence-corrected chi connectivity index (χ0v) is 10.0. The van der Waals surface area contributed by atoms with Gasteiger partial charge in [-0.15, -0.1) is 0 Å². The van der Waals surface area contributed by atoms with Crippen molar-refractivity contribution in [1.82, 2.24) is 9.80 Å². The van der Waals surface area contributed by atoms with E-state index in [1.54, 1.807) is 0 Å². The van der Waals surface area contributed by atoms with Crippen molar-refractivity contribution >= 4 is 16.9 Å². The summed E-state index contributed by atoms with van der Waals surface area (Å²) in [5.74, 6) is 1.19. The van der Waals surface area contributed by atoms with Crippen molar-refractivity contribution in [1.29, 1.82) is 0 Å². The van der Waals surface area contributed by atoms with Gasteiger partial charge in [0.05, 0.1) is 0 Å². The van der Waals surface area contributed by atoms with Crippen molar-refractivity contribution in [2.45, 2.75) is 31.8 Å². The van der Waals surface area contributed by atoms with Crippen molar-refractivity contribution in [2.75, 3.05) is 31.9 Å². The molecule has 0 spiro atoms. The van der Waals surface area contributed by atoms with E-state index in [1.807, 2.05) is 11.8 Å². The summed E-state index contributed by atoms with van der Waals surface area (Å²) in [6.07, 6.45) is 5.95. The maximum Gasteiger partial charge on any atom is 0.160 e. The molecule has 1 atom stereocenters. The van der Waals surface area contributed by atoms with Crippen LogP contribution < -0.4 is 0 Å². The van der Waals surface area contributed by atoms with Crippen LogP contribution in [-0.2, 0) is 0 Å². The van der Waals surface area contributed by atoms with Crippen LogP contribution in [0.4, 0.5) is 0 Å². The summed E-state index contributed by atoms with van der Waals surface area (Å²) in [4.78, 5) is 9.91. The van der Waals surface area contributed by atoms with Crippen LogP contribution in [-0.4, -0.2) is 53.1 Å². The third-order valence-corrected chi connectivity index (χ3v) is 4.65. The van der Waals surface area contributed by atoms with Gasteiger partial charge in [-0.25, -0.2) is 4.99 Å². The highest BCUT2D eigenvalue weighted by atomic mass is 32.2. The van der Waals surface area contributed by atoms with E-state index < -0.39 is 0 Å². The van der Waals surface area contributed by atoms with Gasteiger partial charge < -0.3 is 4.90 Å². The number of rotatable bonds is 1. The largest absolute Gasteiger partial charge is 0.351 e. The first-order valence-electron chi connectivity index (χ1n) is 6.13. The average Bonchev–Trinajstić information content (AvgIpc) is 3.02. The Bertz CT molecular complexity index is 255. The molecular weight excluding hydrogens is 206 g/mol. The predicted octanol–water partition coefficient (Wildman–Crippen LogP) is 1.61. The van der Waals surface area contributed by atoms with Gasteiger partial charge in [0.25, 0.3) is 0 Å². The minimum Gasteiger partial charge on any atom is -0.351 e. The van der Waals surface area contributed by atoms with Gasteiger partial charge in [0.1, 0.15) is 6.17 Å². The first kappa shape index (κ1) is 9.97. The Hall–Kier alpha value is -0.220. The Morgan fingerprint density at radius 1 is 1.00 bits per heavy atom. The first-order valence-corrected chi connectivity index (χ1v) is 7.12.